The standard InChI is InChI=1S/Li.HNOS.H/c;1-2-3-1;/h;1H;. The molecule has 0 bridgehead atoms. The van der Waals surface area contributed by atoms with E-state index in [0.717, 1.165) is 0 Å². The van der Waals surface area contributed by atoms with Gasteiger partial charge in [0.05, 0.1) is 0 Å². The van der Waals surface area contributed by atoms with Crippen LogP contribution in [0.4, 0.5) is 0 Å². The monoisotopic (exact) mass is 71.0 g/mol. The van der Waals surface area contributed by atoms with E-state index < -0.39 is 0 Å². The van der Waals surface area contributed by atoms with Gasteiger partial charge in [0.15, 0.2) is 11.8 Å². The van der Waals surface area contributed by atoms with E-state index in [1.165, 1.54) is 11.8 Å². The fraction of sp³-hybridized carbons (Fsp3) is 0. The first-order valence-corrected chi connectivity index (χ1v) is 1.32. The average molecular weight is 71.0 g/mol. The Kier molecular flexibility index (Phi) is 1.89. The molecule has 0 spiro atoms. The molecule has 1 aromatic heterocycles. The third kappa shape index (κ3) is 2.42. The van der Waals surface area contributed by atoms with Crippen molar-refractivity contribution in [2.24, 2.45) is 0 Å². The van der Waals surface area contributed by atoms with E-state index in [1.54, 1.807) is 0 Å². The topological polar surface area (TPSA) is 28.9 Å². The normalized spacial score (nSPS) is 6.00. The van der Waals surface area contributed by atoms with E-state index in [-0.39, 0.29) is 18.9 Å². The summed E-state index contributed by atoms with van der Waals surface area (Å²) in [6, 6.07) is 0. The first-order chi connectivity index (χ1) is 1.50. The van der Waals surface area contributed by atoms with Crippen molar-refractivity contribution in [3.05, 3.63) is 0 Å². The largest absolute Gasteiger partial charge is 0.289 e. The van der Waals surface area contributed by atoms with Gasteiger partial charge in [-0.3, -0.25) is 3.96 Å². The van der Waals surface area contributed by atoms with Crippen molar-refractivity contribution in [3.8, 4) is 0 Å². The van der Waals surface area contributed by atoms with Crippen molar-refractivity contribution < 1.29 is 3.96 Å². The van der Waals surface area contributed by atoms with Gasteiger partial charge in [0.1, 0.15) is 0 Å². The van der Waals surface area contributed by atoms with Crippen molar-refractivity contribution >= 4 is 30.7 Å². The summed E-state index contributed by atoms with van der Waals surface area (Å²) in [4.78, 5) is 0. The molecule has 0 aliphatic rings. The second-order valence-electron chi connectivity index (χ2n) is 0.250. The minimum atomic E-state index is 0. The summed E-state index contributed by atoms with van der Waals surface area (Å²) in [5, 5.41) is 0. The van der Waals surface area contributed by atoms with Gasteiger partial charge in [0.25, 0.3) is 0 Å². The van der Waals surface area contributed by atoms with Crippen LogP contribution >= 0.6 is 11.8 Å². The first kappa shape index (κ1) is 4.42. The molecule has 0 aliphatic heterocycles. The van der Waals surface area contributed by atoms with Gasteiger partial charge >= 0.3 is 18.9 Å². The van der Waals surface area contributed by atoms with E-state index in [2.05, 4.69) is 8.50 Å². The molecule has 1 aromatic rings. The van der Waals surface area contributed by atoms with E-state index in [4.69, 9.17) is 0 Å². The first-order valence-electron chi connectivity index (χ1n) is 0.575. The molecule has 2 nitrogen and oxygen atoms in total. The van der Waals surface area contributed by atoms with Crippen LogP contribution in [0.1, 0.15) is 0 Å². The molecule has 1 N–H and O–H groups in total. The second kappa shape index (κ2) is 1.71. The van der Waals surface area contributed by atoms with Crippen molar-refractivity contribution in [2.45, 2.75) is 0 Å². The number of H-pyrrole nitrogens is 1. The number of aromatic nitrogens is 1. The van der Waals surface area contributed by atoms with Gasteiger partial charge in [-0.2, -0.15) is 0 Å². The molecule has 4 heteroatoms. The van der Waals surface area contributed by atoms with Crippen LogP contribution in [0, 0.1) is 0 Å². The molecular weight excluding hydrogens is 69.0 g/mol. The van der Waals surface area contributed by atoms with Crippen LogP contribution in [-0.4, -0.2) is 23.4 Å². The van der Waals surface area contributed by atoms with Crippen LogP contribution in [0.2, 0.25) is 0 Å². The summed E-state index contributed by atoms with van der Waals surface area (Å²) < 4.78 is 6.58. The van der Waals surface area contributed by atoms with E-state index in [1.807, 2.05) is 0 Å². The number of rotatable bonds is 0. The molecule has 4 heavy (non-hydrogen) atoms. The van der Waals surface area contributed by atoms with Crippen LogP contribution in [-0.2, 0) is 0 Å². The molecule has 0 unspecified atom stereocenters. The third-order valence-corrected chi connectivity index (χ3v) is 0.250. The maximum Gasteiger partial charge on any atom is 0.188 e. The minimum absolute atomic E-state index is 0. The average Bonchev–Trinajstić information content (AvgIpc) is 1.46. The van der Waals surface area contributed by atoms with Crippen LogP contribution < -0.4 is 0 Å². The molecule has 0 radical (unpaired) electrons. The molecule has 1 heterocycles. The van der Waals surface area contributed by atoms with Gasteiger partial charge in [-0.1, -0.05) is 0 Å². The molecule has 20 valence electrons. The molecule has 0 aliphatic carbocycles. The van der Waals surface area contributed by atoms with E-state index in [9.17, 15) is 0 Å². The van der Waals surface area contributed by atoms with Gasteiger partial charge < -0.3 is 0 Å². The second-order valence-corrected chi connectivity index (χ2v) is 0.750. The van der Waals surface area contributed by atoms with Gasteiger partial charge in [-0.15, -0.1) is 4.55 Å². The summed E-state index contributed by atoms with van der Waals surface area (Å²) in [5.41, 5.74) is 0. The predicted molar refractivity (Wildman–Crippen MR) is 18.1 cm³/mol. The van der Waals surface area contributed by atoms with E-state index in [0.29, 0.717) is 0 Å². The summed E-state index contributed by atoms with van der Waals surface area (Å²) in [7, 11) is 0. The number of hydrogen-bond acceptors (Lipinski definition) is 2. The molecule has 0 saturated heterocycles. The van der Waals surface area contributed by atoms with Crippen LogP contribution in [0.25, 0.3) is 0 Å². The summed E-state index contributed by atoms with van der Waals surface area (Å²) in [6.45, 7) is 0. The molecule has 0 atom stereocenters. The number of nitrogens with one attached hydrogen (secondary N) is 1. The zero-order valence-electron chi connectivity index (χ0n) is 1.32. The molecule has 1 rings (SSSR count). The van der Waals surface area contributed by atoms with Gasteiger partial charge in [0, 0.05) is 0 Å². The quantitative estimate of drug-likeness (QED) is 0.429. The van der Waals surface area contributed by atoms with Crippen LogP contribution in [0.15, 0.2) is 3.96 Å². The fourth-order valence-electron chi connectivity index (χ4n) is 0. The maximum atomic E-state index is 4.17. The SMILES string of the molecule is [LiH].[nH]1os1. The van der Waals surface area contributed by atoms with Gasteiger partial charge in [0.2, 0.25) is 0 Å². The summed E-state index contributed by atoms with van der Waals surface area (Å²) >= 11 is 1.25. The summed E-state index contributed by atoms with van der Waals surface area (Å²) in [5.74, 6) is 0. The van der Waals surface area contributed by atoms with Crippen molar-refractivity contribution in [3.63, 3.8) is 0 Å². The minimum Gasteiger partial charge on any atom is -0.289 e. The Balaban J connectivity index is 0.0000000900. The molecule has 0 aromatic carbocycles. The Morgan fingerprint density at radius 1 is 1.75 bits per heavy atom. The zero-order valence-corrected chi connectivity index (χ0v) is 2.13. The third-order valence-electron chi connectivity index (χ3n) is 0.0833. The molecule has 0 fully saturated rings. The molecule has 0 amide bonds. The van der Waals surface area contributed by atoms with Crippen molar-refractivity contribution in [1.29, 1.82) is 0 Å². The van der Waals surface area contributed by atoms with Crippen molar-refractivity contribution in [1.82, 2.24) is 4.55 Å². The Morgan fingerprint density at radius 3 is 2.00 bits per heavy atom. The smallest absolute Gasteiger partial charge is 0.188 e. The van der Waals surface area contributed by atoms with Gasteiger partial charge in [-0.25, -0.2) is 0 Å². The van der Waals surface area contributed by atoms with Crippen LogP contribution in [0.5, 0.6) is 0 Å². The molecule has 0 saturated carbocycles. The van der Waals surface area contributed by atoms with E-state index >= 15 is 0 Å². The fourth-order valence-corrected chi connectivity index (χ4v) is 0. The Hall–Kier alpha value is 0.417. The summed E-state index contributed by atoms with van der Waals surface area (Å²) in [6.07, 6.45) is 0. The Morgan fingerprint density at radius 2 is 2.00 bits per heavy atom. The molecular formula is H2LiNOS. The predicted octanol–water partition coefficient (Wildman–Crippen LogP) is 0.0207. The number of hydrogen-bond donors (Lipinski definition) is 1. The zero-order chi connectivity index (χ0) is 2.12. The van der Waals surface area contributed by atoms with Crippen molar-refractivity contribution in [2.75, 3.05) is 0 Å². The Bertz CT molecular complexity index is 36.1. The maximum absolute atomic E-state index is 4.17. The Labute approximate surface area is 39.7 Å². The van der Waals surface area contributed by atoms with Gasteiger partial charge in [-0.05, 0) is 0 Å². The van der Waals surface area contributed by atoms with Crippen LogP contribution in [0.3, 0.4) is 0 Å². The number of aromatic amines is 1.